The van der Waals surface area contributed by atoms with Gasteiger partial charge in [-0.3, -0.25) is 4.98 Å². The van der Waals surface area contributed by atoms with Crippen molar-refractivity contribution in [2.24, 2.45) is 0 Å². The average Bonchev–Trinajstić information content (AvgIpc) is 2.66. The van der Waals surface area contributed by atoms with E-state index in [2.05, 4.69) is 59.7 Å². The average molecular weight is 263 g/mol. The summed E-state index contributed by atoms with van der Waals surface area (Å²) in [4.78, 5) is 5.99. The largest absolute Gasteiger partial charge is 0.256 e. The highest BCUT2D eigenvalue weighted by Gasteiger charge is 2.17. The lowest BCUT2D eigenvalue weighted by Gasteiger charge is -2.11. The number of pyridine rings is 1. The zero-order valence-corrected chi connectivity index (χ0v) is 11.3. The molecule has 1 aromatic heterocycles. The topological polar surface area (TPSA) is 12.9 Å². The van der Waals surface area contributed by atoms with Crippen LogP contribution in [0.25, 0.3) is 22.0 Å². The van der Waals surface area contributed by atoms with Gasteiger partial charge >= 0.3 is 0 Å². The van der Waals surface area contributed by atoms with E-state index in [1.165, 1.54) is 27.0 Å². The molecular formula is C17H13NS. The maximum Gasteiger partial charge on any atom is 0.0708 e. The predicted octanol–water partition coefficient (Wildman–Crippen LogP) is 4.55. The third-order valence-electron chi connectivity index (χ3n) is 3.64. The SMILES string of the molecule is c1ccc2c(c1)SCCc1cnc3ccccc3c1-2. The fourth-order valence-electron chi connectivity index (χ4n) is 2.76. The van der Waals surface area contributed by atoms with Crippen LogP contribution in [0, 0.1) is 0 Å². The van der Waals surface area contributed by atoms with E-state index in [0.29, 0.717) is 0 Å². The molecule has 0 unspecified atom stereocenters. The van der Waals surface area contributed by atoms with Crippen LogP contribution in [0.15, 0.2) is 59.6 Å². The van der Waals surface area contributed by atoms with E-state index < -0.39 is 0 Å². The lowest BCUT2D eigenvalue weighted by Crippen LogP contribution is -1.93. The summed E-state index contributed by atoms with van der Waals surface area (Å²) in [6.45, 7) is 0. The maximum absolute atomic E-state index is 4.60. The van der Waals surface area contributed by atoms with Crippen molar-refractivity contribution in [3.8, 4) is 11.1 Å². The van der Waals surface area contributed by atoms with Gasteiger partial charge in [-0.15, -0.1) is 11.8 Å². The van der Waals surface area contributed by atoms with E-state index in [1.54, 1.807) is 0 Å². The zero-order chi connectivity index (χ0) is 12.7. The van der Waals surface area contributed by atoms with Gasteiger partial charge in [-0.25, -0.2) is 0 Å². The Bertz CT molecular complexity index is 764. The van der Waals surface area contributed by atoms with Crippen molar-refractivity contribution in [2.45, 2.75) is 11.3 Å². The van der Waals surface area contributed by atoms with Gasteiger partial charge in [-0.05, 0) is 35.2 Å². The number of hydrogen-bond acceptors (Lipinski definition) is 2. The van der Waals surface area contributed by atoms with Gasteiger partial charge in [0.25, 0.3) is 0 Å². The molecule has 0 saturated carbocycles. The first kappa shape index (κ1) is 11.1. The van der Waals surface area contributed by atoms with Gasteiger partial charge in [0, 0.05) is 22.2 Å². The van der Waals surface area contributed by atoms with E-state index in [0.717, 1.165) is 17.7 Å². The molecule has 0 fully saturated rings. The molecule has 1 nitrogen and oxygen atoms in total. The second-order valence-electron chi connectivity index (χ2n) is 4.77. The van der Waals surface area contributed by atoms with Gasteiger partial charge in [0.1, 0.15) is 0 Å². The van der Waals surface area contributed by atoms with Gasteiger partial charge in [-0.1, -0.05) is 36.4 Å². The Morgan fingerprint density at radius 1 is 0.947 bits per heavy atom. The van der Waals surface area contributed by atoms with Crippen molar-refractivity contribution in [3.63, 3.8) is 0 Å². The molecule has 4 rings (SSSR count). The van der Waals surface area contributed by atoms with Crippen molar-refractivity contribution in [1.82, 2.24) is 4.98 Å². The van der Waals surface area contributed by atoms with Crippen LogP contribution < -0.4 is 0 Å². The molecule has 2 aromatic carbocycles. The molecule has 0 aliphatic carbocycles. The summed E-state index contributed by atoms with van der Waals surface area (Å²) in [5, 5.41) is 1.27. The summed E-state index contributed by atoms with van der Waals surface area (Å²) in [6.07, 6.45) is 3.15. The molecule has 19 heavy (non-hydrogen) atoms. The van der Waals surface area contributed by atoms with Crippen LogP contribution >= 0.6 is 11.8 Å². The molecule has 2 heteroatoms. The van der Waals surface area contributed by atoms with Gasteiger partial charge in [0.05, 0.1) is 5.52 Å². The fourth-order valence-corrected chi connectivity index (χ4v) is 3.80. The molecule has 0 radical (unpaired) electrons. The lowest BCUT2D eigenvalue weighted by molar-refractivity contribution is 1.14. The standard InChI is InChI=1S/C17H13NS/c1-3-7-15-13(5-1)17-12(11-18-15)9-10-19-16-8-4-2-6-14(16)17/h1-8,11H,9-10H2. The molecular weight excluding hydrogens is 250 g/mol. The first-order chi connectivity index (χ1) is 9.43. The summed E-state index contributed by atoms with van der Waals surface area (Å²) >= 11 is 1.95. The van der Waals surface area contributed by atoms with Crippen LogP contribution in [0.3, 0.4) is 0 Å². The van der Waals surface area contributed by atoms with Gasteiger partial charge in [0.15, 0.2) is 0 Å². The van der Waals surface area contributed by atoms with E-state index in [4.69, 9.17) is 0 Å². The second kappa shape index (κ2) is 4.39. The first-order valence-corrected chi connectivity index (χ1v) is 7.51. The van der Waals surface area contributed by atoms with Crippen molar-refractivity contribution in [3.05, 3.63) is 60.3 Å². The maximum atomic E-state index is 4.60. The van der Waals surface area contributed by atoms with Crippen LogP contribution in [-0.2, 0) is 6.42 Å². The highest BCUT2D eigenvalue weighted by atomic mass is 32.2. The molecule has 2 heterocycles. The summed E-state index contributed by atoms with van der Waals surface area (Å²) in [7, 11) is 0. The summed E-state index contributed by atoms with van der Waals surface area (Å²) in [6, 6.07) is 17.2. The smallest absolute Gasteiger partial charge is 0.0708 e. The number of fused-ring (bicyclic) bond motifs is 5. The molecule has 1 aliphatic heterocycles. The van der Waals surface area contributed by atoms with Gasteiger partial charge < -0.3 is 0 Å². The first-order valence-electron chi connectivity index (χ1n) is 6.52. The highest BCUT2D eigenvalue weighted by Crippen LogP contribution is 2.40. The Hall–Kier alpha value is -1.80. The third-order valence-corrected chi connectivity index (χ3v) is 4.71. The van der Waals surface area contributed by atoms with Gasteiger partial charge in [0.2, 0.25) is 0 Å². The van der Waals surface area contributed by atoms with Gasteiger partial charge in [-0.2, -0.15) is 0 Å². The number of nitrogens with zero attached hydrogens (tertiary/aromatic N) is 1. The normalized spacial score (nSPS) is 13.7. The number of aromatic nitrogens is 1. The number of aryl methyl sites for hydroxylation is 1. The molecule has 3 aromatic rings. The zero-order valence-electron chi connectivity index (χ0n) is 10.5. The molecule has 0 amide bonds. The van der Waals surface area contributed by atoms with Crippen molar-refractivity contribution < 1.29 is 0 Å². The van der Waals surface area contributed by atoms with Crippen molar-refractivity contribution in [2.75, 3.05) is 5.75 Å². The Morgan fingerprint density at radius 2 is 1.79 bits per heavy atom. The van der Waals surface area contributed by atoms with Crippen LogP contribution in [0.1, 0.15) is 5.56 Å². The Labute approximate surface area is 116 Å². The molecule has 92 valence electrons. The van der Waals surface area contributed by atoms with E-state index >= 15 is 0 Å². The summed E-state index contributed by atoms with van der Waals surface area (Å²) < 4.78 is 0. The molecule has 0 N–H and O–H groups in total. The molecule has 0 saturated heterocycles. The Kier molecular flexibility index (Phi) is 2.56. The van der Waals surface area contributed by atoms with Crippen LogP contribution in [0.5, 0.6) is 0 Å². The van der Waals surface area contributed by atoms with E-state index in [9.17, 15) is 0 Å². The number of para-hydroxylation sites is 1. The minimum absolute atomic E-state index is 1.09. The number of thioether (sulfide) groups is 1. The summed E-state index contributed by atoms with van der Waals surface area (Å²) in [5.41, 5.74) is 5.20. The molecule has 0 atom stereocenters. The van der Waals surface area contributed by atoms with E-state index in [1.807, 2.05) is 11.8 Å². The van der Waals surface area contributed by atoms with E-state index in [-0.39, 0.29) is 0 Å². The lowest BCUT2D eigenvalue weighted by atomic mass is 9.95. The third kappa shape index (κ3) is 1.75. The number of benzene rings is 2. The predicted molar refractivity (Wildman–Crippen MR) is 81.6 cm³/mol. The highest BCUT2D eigenvalue weighted by molar-refractivity contribution is 7.99. The van der Waals surface area contributed by atoms with Crippen LogP contribution in [-0.4, -0.2) is 10.7 Å². The molecule has 0 spiro atoms. The monoisotopic (exact) mass is 263 g/mol. The quantitative estimate of drug-likeness (QED) is 0.590. The Balaban J connectivity index is 2.15. The fraction of sp³-hybridized carbons (Fsp3) is 0.118. The number of hydrogen-bond donors (Lipinski definition) is 0. The minimum Gasteiger partial charge on any atom is -0.256 e. The van der Waals surface area contributed by atoms with Crippen molar-refractivity contribution in [1.29, 1.82) is 0 Å². The number of rotatable bonds is 0. The summed E-state index contributed by atoms with van der Waals surface area (Å²) in [5.74, 6) is 1.13. The van der Waals surface area contributed by atoms with Crippen LogP contribution in [0.4, 0.5) is 0 Å². The van der Waals surface area contributed by atoms with Crippen LogP contribution in [0.2, 0.25) is 0 Å². The molecule has 1 aliphatic rings. The van der Waals surface area contributed by atoms with Crippen molar-refractivity contribution >= 4 is 22.7 Å². The molecule has 0 bridgehead atoms. The minimum atomic E-state index is 1.09. The second-order valence-corrected chi connectivity index (χ2v) is 5.91. The Morgan fingerprint density at radius 3 is 2.79 bits per heavy atom.